The van der Waals surface area contributed by atoms with E-state index in [0.29, 0.717) is 30.9 Å². The fourth-order valence-electron chi connectivity index (χ4n) is 2.83. The highest BCUT2D eigenvalue weighted by Crippen LogP contribution is 2.26. The summed E-state index contributed by atoms with van der Waals surface area (Å²) in [4.78, 5) is 12.6. The predicted molar refractivity (Wildman–Crippen MR) is 96.3 cm³/mol. The largest absolute Gasteiger partial charge is 0.469 e. The Morgan fingerprint density at radius 1 is 1.16 bits per heavy atom. The highest BCUT2D eigenvalue weighted by molar-refractivity contribution is 7.91. The summed E-state index contributed by atoms with van der Waals surface area (Å²) in [6.07, 6.45) is 6.12. The first-order valence-electron chi connectivity index (χ1n) is 8.48. The van der Waals surface area contributed by atoms with Gasteiger partial charge in [0.1, 0.15) is 9.97 Å². The predicted octanol–water partition coefficient (Wildman–Crippen LogP) is 2.88. The zero-order valence-electron chi connectivity index (χ0n) is 13.9. The zero-order valence-corrected chi connectivity index (χ0v) is 15.6. The number of carbonyl (C=O) groups excluding carboxylic acids is 1. The molecule has 8 heteroatoms. The van der Waals surface area contributed by atoms with Gasteiger partial charge in [-0.25, -0.2) is 8.42 Å². The van der Waals surface area contributed by atoms with Crippen LogP contribution in [0.15, 0.2) is 39.2 Å². The number of nitrogens with zero attached hydrogens (tertiary/aromatic N) is 1. The second kappa shape index (κ2) is 8.16. The van der Waals surface area contributed by atoms with E-state index in [1.165, 1.54) is 6.07 Å². The molecule has 136 valence electrons. The van der Waals surface area contributed by atoms with Gasteiger partial charge in [0, 0.05) is 26.1 Å². The minimum absolute atomic E-state index is 0.241. The Labute approximate surface area is 151 Å². The molecule has 25 heavy (non-hydrogen) atoms. The van der Waals surface area contributed by atoms with Gasteiger partial charge >= 0.3 is 0 Å². The van der Waals surface area contributed by atoms with Gasteiger partial charge in [-0.2, -0.15) is 4.31 Å². The van der Waals surface area contributed by atoms with Gasteiger partial charge in [0.05, 0.1) is 11.1 Å². The van der Waals surface area contributed by atoms with Crippen molar-refractivity contribution < 1.29 is 17.6 Å². The number of furan rings is 1. The van der Waals surface area contributed by atoms with Crippen molar-refractivity contribution in [2.45, 2.75) is 36.3 Å². The number of hydrogen-bond acceptors (Lipinski definition) is 5. The zero-order chi connectivity index (χ0) is 17.7. The van der Waals surface area contributed by atoms with Crippen molar-refractivity contribution in [2.75, 3.05) is 19.6 Å². The Bertz CT molecular complexity index is 788. The Morgan fingerprint density at radius 2 is 1.92 bits per heavy atom. The Kier molecular flexibility index (Phi) is 5.93. The van der Waals surface area contributed by atoms with E-state index in [1.54, 1.807) is 22.7 Å². The van der Waals surface area contributed by atoms with Gasteiger partial charge in [0.25, 0.3) is 15.9 Å². The second-order valence-corrected chi connectivity index (χ2v) is 9.27. The molecule has 3 rings (SSSR count). The van der Waals surface area contributed by atoms with Crippen LogP contribution in [0.4, 0.5) is 0 Å². The molecule has 0 aliphatic carbocycles. The number of hydrogen-bond donors (Lipinski definition) is 1. The maximum Gasteiger partial charge on any atom is 0.261 e. The molecule has 1 aliphatic rings. The van der Waals surface area contributed by atoms with Gasteiger partial charge in [-0.1, -0.05) is 12.8 Å². The highest BCUT2D eigenvalue weighted by Gasteiger charge is 2.27. The lowest BCUT2D eigenvalue weighted by Crippen LogP contribution is -2.31. The summed E-state index contributed by atoms with van der Waals surface area (Å²) in [5, 5.41) is 2.79. The lowest BCUT2D eigenvalue weighted by atomic mass is 10.2. The van der Waals surface area contributed by atoms with Crippen LogP contribution in [0.5, 0.6) is 0 Å². The van der Waals surface area contributed by atoms with E-state index < -0.39 is 10.0 Å². The molecule has 0 bridgehead atoms. The number of sulfonamides is 1. The summed E-state index contributed by atoms with van der Waals surface area (Å²) >= 11 is 1.03. The van der Waals surface area contributed by atoms with Crippen LogP contribution in [0.25, 0.3) is 0 Å². The summed E-state index contributed by atoms with van der Waals surface area (Å²) in [5.41, 5.74) is 0. The fraction of sp³-hybridized carbons (Fsp3) is 0.471. The van der Waals surface area contributed by atoms with Crippen molar-refractivity contribution in [3.05, 3.63) is 41.2 Å². The van der Waals surface area contributed by atoms with Crippen molar-refractivity contribution in [2.24, 2.45) is 0 Å². The molecule has 2 aromatic heterocycles. The van der Waals surface area contributed by atoms with Crippen LogP contribution in [0.3, 0.4) is 0 Å². The summed E-state index contributed by atoms with van der Waals surface area (Å²) in [6.45, 7) is 1.56. The lowest BCUT2D eigenvalue weighted by Gasteiger charge is -2.18. The molecule has 0 spiro atoms. The van der Waals surface area contributed by atoms with Gasteiger partial charge < -0.3 is 9.73 Å². The normalized spacial score (nSPS) is 16.5. The van der Waals surface area contributed by atoms with E-state index in [4.69, 9.17) is 4.42 Å². The van der Waals surface area contributed by atoms with Gasteiger partial charge in [-0.3, -0.25) is 4.79 Å². The van der Waals surface area contributed by atoms with Crippen LogP contribution in [-0.2, 0) is 16.4 Å². The third-order valence-electron chi connectivity index (χ3n) is 4.20. The molecule has 0 radical (unpaired) electrons. The fourth-order valence-corrected chi connectivity index (χ4v) is 5.73. The van der Waals surface area contributed by atoms with Crippen LogP contribution < -0.4 is 5.32 Å². The summed E-state index contributed by atoms with van der Waals surface area (Å²) in [6, 6.07) is 6.77. The quantitative estimate of drug-likeness (QED) is 0.833. The van der Waals surface area contributed by atoms with Crippen LogP contribution in [0, 0.1) is 0 Å². The SMILES string of the molecule is O=C(NCCc1ccco1)c1ccc(S(=O)(=O)N2CCCCCC2)s1. The Hall–Kier alpha value is -1.64. The molecule has 2 aromatic rings. The third-order valence-corrected chi connectivity index (χ3v) is 7.65. The highest BCUT2D eigenvalue weighted by atomic mass is 32.2. The molecule has 6 nitrogen and oxygen atoms in total. The molecule has 0 atom stereocenters. The van der Waals surface area contributed by atoms with E-state index in [2.05, 4.69) is 5.32 Å². The number of carbonyl (C=O) groups is 1. The summed E-state index contributed by atoms with van der Waals surface area (Å²) in [5.74, 6) is 0.546. The van der Waals surface area contributed by atoms with Gasteiger partial charge in [-0.15, -0.1) is 11.3 Å². The molecule has 0 unspecified atom stereocenters. The number of rotatable bonds is 6. The molecule has 0 aromatic carbocycles. The minimum Gasteiger partial charge on any atom is -0.469 e. The number of amides is 1. The Morgan fingerprint density at radius 3 is 2.60 bits per heavy atom. The van der Waals surface area contributed by atoms with E-state index in [1.807, 2.05) is 6.07 Å². The van der Waals surface area contributed by atoms with Crippen LogP contribution >= 0.6 is 11.3 Å². The monoisotopic (exact) mass is 382 g/mol. The van der Waals surface area contributed by atoms with Crippen molar-refractivity contribution in [3.63, 3.8) is 0 Å². The topological polar surface area (TPSA) is 79.6 Å². The standard InChI is InChI=1S/C17H22N2O4S2/c20-17(18-10-9-14-6-5-13-23-14)15-7-8-16(24-15)25(21,22)19-11-3-1-2-4-12-19/h5-8,13H,1-4,9-12H2,(H,18,20). The van der Waals surface area contributed by atoms with E-state index in [9.17, 15) is 13.2 Å². The average Bonchev–Trinajstić information content (AvgIpc) is 3.21. The van der Waals surface area contributed by atoms with Gasteiger partial charge in [-0.05, 0) is 37.1 Å². The molecular formula is C17H22N2O4S2. The van der Waals surface area contributed by atoms with Crippen molar-refractivity contribution in [1.82, 2.24) is 9.62 Å². The smallest absolute Gasteiger partial charge is 0.261 e. The van der Waals surface area contributed by atoms with E-state index >= 15 is 0 Å². The first-order chi connectivity index (χ1) is 12.1. The number of nitrogens with one attached hydrogen (secondary N) is 1. The van der Waals surface area contributed by atoms with Crippen LogP contribution in [0.2, 0.25) is 0 Å². The number of thiophene rings is 1. The first-order valence-corrected chi connectivity index (χ1v) is 10.7. The summed E-state index contributed by atoms with van der Waals surface area (Å²) in [7, 11) is -3.50. The molecule has 1 amide bonds. The molecule has 0 saturated carbocycles. The van der Waals surface area contributed by atoms with Crippen LogP contribution in [-0.4, -0.2) is 38.3 Å². The van der Waals surface area contributed by atoms with Crippen LogP contribution in [0.1, 0.15) is 41.1 Å². The Balaban J connectivity index is 1.61. The maximum atomic E-state index is 12.7. The molecule has 3 heterocycles. The van der Waals surface area contributed by atoms with Gasteiger partial charge in [0.2, 0.25) is 0 Å². The molecular weight excluding hydrogens is 360 g/mol. The molecule has 1 aliphatic heterocycles. The maximum absolute atomic E-state index is 12.7. The second-order valence-electron chi connectivity index (χ2n) is 6.02. The minimum atomic E-state index is -3.50. The van der Waals surface area contributed by atoms with E-state index in [-0.39, 0.29) is 10.1 Å². The molecule has 1 fully saturated rings. The average molecular weight is 383 g/mol. The van der Waals surface area contributed by atoms with Crippen molar-refractivity contribution in [1.29, 1.82) is 0 Å². The van der Waals surface area contributed by atoms with Crippen molar-refractivity contribution in [3.8, 4) is 0 Å². The molecule has 1 N–H and O–H groups in total. The summed E-state index contributed by atoms with van der Waals surface area (Å²) < 4.78 is 32.5. The van der Waals surface area contributed by atoms with Gasteiger partial charge in [0.15, 0.2) is 0 Å². The van der Waals surface area contributed by atoms with Crippen molar-refractivity contribution >= 4 is 27.3 Å². The van der Waals surface area contributed by atoms with E-state index in [0.717, 1.165) is 42.8 Å². The third kappa shape index (κ3) is 4.50. The molecule has 1 saturated heterocycles. The lowest BCUT2D eigenvalue weighted by molar-refractivity contribution is 0.0957. The first kappa shape index (κ1) is 18.2.